The van der Waals surface area contributed by atoms with Crippen LogP contribution in [-0.4, -0.2) is 18.2 Å². The Morgan fingerprint density at radius 3 is 2.46 bits per heavy atom. The highest BCUT2D eigenvalue weighted by Crippen LogP contribution is 2.63. The Balaban J connectivity index is 1.40. The number of benzene rings is 1. The van der Waals surface area contributed by atoms with Gasteiger partial charge >= 0.3 is 0 Å². The SMILES string of the molecule is NC(=O)c1cc(C2CC2)c(OCC23CC4CC(CC(F)(C4)C2)C3)cc1F. The number of carbonyl (C=O) groups is 1. The molecule has 0 radical (unpaired) electrons. The van der Waals surface area contributed by atoms with Crippen molar-refractivity contribution in [2.24, 2.45) is 23.0 Å². The van der Waals surface area contributed by atoms with Crippen molar-refractivity contribution in [1.29, 1.82) is 0 Å². The molecule has 0 aromatic heterocycles. The molecule has 2 unspecified atom stereocenters. The number of amides is 1. The summed E-state index contributed by atoms with van der Waals surface area (Å²) >= 11 is 0. The maximum Gasteiger partial charge on any atom is 0.251 e. The number of rotatable bonds is 5. The van der Waals surface area contributed by atoms with Gasteiger partial charge in [0.1, 0.15) is 17.2 Å². The molecule has 0 heterocycles. The van der Waals surface area contributed by atoms with E-state index in [-0.39, 0.29) is 11.0 Å². The fraction of sp³-hybridized carbons (Fsp3) is 0.667. The van der Waals surface area contributed by atoms with Crippen LogP contribution in [0.5, 0.6) is 5.75 Å². The second-order valence-corrected chi connectivity index (χ2v) is 9.41. The van der Waals surface area contributed by atoms with Crippen molar-refractivity contribution in [3.8, 4) is 5.75 Å². The predicted molar refractivity (Wildman–Crippen MR) is 93.3 cm³/mol. The molecular weight excluding hydrogens is 336 g/mol. The minimum Gasteiger partial charge on any atom is -0.493 e. The van der Waals surface area contributed by atoms with Crippen molar-refractivity contribution in [3.05, 3.63) is 29.1 Å². The molecule has 0 saturated heterocycles. The van der Waals surface area contributed by atoms with Crippen LogP contribution < -0.4 is 10.5 Å². The van der Waals surface area contributed by atoms with Gasteiger partial charge in [0.2, 0.25) is 0 Å². The van der Waals surface area contributed by atoms with E-state index < -0.39 is 17.4 Å². The van der Waals surface area contributed by atoms with Gasteiger partial charge in [-0.15, -0.1) is 0 Å². The number of halogens is 2. The molecule has 0 aliphatic heterocycles. The highest BCUT2D eigenvalue weighted by atomic mass is 19.1. The van der Waals surface area contributed by atoms with Gasteiger partial charge in [0.15, 0.2) is 0 Å². The summed E-state index contributed by atoms with van der Waals surface area (Å²) in [4.78, 5) is 11.5. The number of carbonyl (C=O) groups excluding carboxylic acids is 1. The molecule has 4 bridgehead atoms. The summed E-state index contributed by atoms with van der Waals surface area (Å²) in [6.45, 7) is 0.445. The van der Waals surface area contributed by atoms with Crippen LogP contribution in [0, 0.1) is 23.1 Å². The summed E-state index contributed by atoms with van der Waals surface area (Å²) < 4.78 is 35.5. The van der Waals surface area contributed by atoms with Gasteiger partial charge < -0.3 is 10.5 Å². The Kier molecular flexibility index (Phi) is 3.45. The third-order valence-electron chi connectivity index (χ3n) is 7.03. The topological polar surface area (TPSA) is 52.3 Å². The summed E-state index contributed by atoms with van der Waals surface area (Å²) in [7, 11) is 0. The molecule has 5 saturated carbocycles. The van der Waals surface area contributed by atoms with Gasteiger partial charge in [-0.2, -0.15) is 0 Å². The first-order valence-corrected chi connectivity index (χ1v) is 9.80. The molecule has 5 heteroatoms. The van der Waals surface area contributed by atoms with E-state index in [4.69, 9.17) is 10.5 Å². The highest BCUT2D eigenvalue weighted by molar-refractivity contribution is 5.93. The van der Waals surface area contributed by atoms with Crippen molar-refractivity contribution in [2.75, 3.05) is 6.61 Å². The Morgan fingerprint density at radius 2 is 1.88 bits per heavy atom. The summed E-state index contributed by atoms with van der Waals surface area (Å²) in [5.41, 5.74) is 4.95. The lowest BCUT2D eigenvalue weighted by molar-refractivity contribution is -0.136. The fourth-order valence-electron chi connectivity index (χ4n) is 6.33. The number of nitrogens with two attached hydrogens (primary N) is 1. The average Bonchev–Trinajstić information content (AvgIpc) is 3.35. The van der Waals surface area contributed by atoms with Gasteiger partial charge in [-0.1, -0.05) is 0 Å². The Bertz CT molecular complexity index is 760. The van der Waals surface area contributed by atoms with Crippen molar-refractivity contribution in [1.82, 2.24) is 0 Å². The first-order chi connectivity index (χ1) is 12.3. The Morgan fingerprint density at radius 1 is 1.19 bits per heavy atom. The van der Waals surface area contributed by atoms with Crippen LogP contribution in [0.25, 0.3) is 0 Å². The zero-order valence-corrected chi connectivity index (χ0v) is 14.9. The molecule has 2 N–H and O–H groups in total. The van der Waals surface area contributed by atoms with Crippen molar-refractivity contribution < 1.29 is 18.3 Å². The maximum absolute atomic E-state index is 15.1. The van der Waals surface area contributed by atoms with Crippen LogP contribution in [0.3, 0.4) is 0 Å². The van der Waals surface area contributed by atoms with E-state index in [9.17, 15) is 9.18 Å². The van der Waals surface area contributed by atoms with Crippen molar-refractivity contribution in [2.45, 2.75) is 63.0 Å². The standard InChI is InChI=1S/C21H25F2NO2/c22-17-5-18(15(14-1-2-14)4-16(17)19(24)25)26-11-20-6-12-3-13(7-20)9-21(23,8-12)10-20/h4-5,12-14H,1-3,6-11H2,(H2,24,25). The molecular formula is C21H25F2NO2. The quantitative estimate of drug-likeness (QED) is 0.840. The summed E-state index contributed by atoms with van der Waals surface area (Å²) in [5, 5.41) is 0. The second kappa shape index (κ2) is 5.43. The second-order valence-electron chi connectivity index (χ2n) is 9.41. The monoisotopic (exact) mass is 361 g/mol. The Hall–Kier alpha value is -1.65. The first-order valence-electron chi connectivity index (χ1n) is 9.80. The molecule has 3 nitrogen and oxygen atoms in total. The van der Waals surface area contributed by atoms with Gasteiger partial charge in [0.05, 0.1) is 12.2 Å². The van der Waals surface area contributed by atoms with E-state index in [1.165, 1.54) is 6.07 Å². The minimum atomic E-state index is -1.02. The van der Waals surface area contributed by atoms with E-state index in [1.807, 2.05) is 0 Å². The van der Waals surface area contributed by atoms with Gasteiger partial charge in [0, 0.05) is 11.5 Å². The van der Waals surface area contributed by atoms with E-state index in [1.54, 1.807) is 6.07 Å². The predicted octanol–water partition coefficient (Wildman–Crippen LogP) is 4.49. The molecule has 1 aromatic carbocycles. The van der Waals surface area contributed by atoms with E-state index in [0.29, 0.717) is 49.4 Å². The zero-order valence-electron chi connectivity index (χ0n) is 14.9. The first kappa shape index (κ1) is 16.5. The van der Waals surface area contributed by atoms with E-state index >= 15 is 4.39 Å². The molecule has 6 rings (SSSR count). The smallest absolute Gasteiger partial charge is 0.251 e. The molecule has 2 atom stereocenters. The highest BCUT2D eigenvalue weighted by Gasteiger charge is 2.58. The number of hydrogen-bond donors (Lipinski definition) is 1. The zero-order chi connectivity index (χ0) is 18.1. The molecule has 5 aliphatic carbocycles. The lowest BCUT2D eigenvalue weighted by Crippen LogP contribution is -2.55. The molecule has 5 aliphatic rings. The molecule has 26 heavy (non-hydrogen) atoms. The van der Waals surface area contributed by atoms with Crippen LogP contribution in [0.2, 0.25) is 0 Å². The molecule has 1 amide bonds. The number of ether oxygens (including phenoxy) is 1. The average molecular weight is 361 g/mol. The van der Waals surface area contributed by atoms with Gasteiger partial charge in [-0.25, -0.2) is 8.78 Å². The maximum atomic E-state index is 15.1. The van der Waals surface area contributed by atoms with E-state index in [2.05, 4.69) is 0 Å². The largest absolute Gasteiger partial charge is 0.493 e. The lowest BCUT2D eigenvalue weighted by atomic mass is 9.49. The minimum absolute atomic E-state index is 0.0724. The van der Waals surface area contributed by atoms with Crippen LogP contribution in [0.15, 0.2) is 12.1 Å². The third kappa shape index (κ3) is 2.71. The molecule has 0 spiro atoms. The summed E-state index contributed by atoms with van der Waals surface area (Å²) in [5.74, 6) is 0.385. The van der Waals surface area contributed by atoms with Gasteiger partial charge in [0.25, 0.3) is 5.91 Å². The summed E-state index contributed by atoms with van der Waals surface area (Å²) in [6, 6.07) is 2.86. The fourth-order valence-corrected chi connectivity index (χ4v) is 6.33. The van der Waals surface area contributed by atoms with Crippen LogP contribution in [0.4, 0.5) is 8.78 Å². The molecule has 140 valence electrons. The number of primary amides is 1. The molecule has 5 fully saturated rings. The molecule has 1 aromatic rings. The Labute approximate surface area is 152 Å². The summed E-state index contributed by atoms with van der Waals surface area (Å²) in [6.07, 6.45) is 7.23. The number of alkyl halides is 1. The normalized spacial score (nSPS) is 37.8. The number of hydrogen-bond acceptors (Lipinski definition) is 2. The van der Waals surface area contributed by atoms with Gasteiger partial charge in [-0.05, 0) is 80.8 Å². The van der Waals surface area contributed by atoms with Gasteiger partial charge in [-0.3, -0.25) is 4.79 Å². The van der Waals surface area contributed by atoms with Crippen LogP contribution >= 0.6 is 0 Å². The lowest BCUT2D eigenvalue weighted by Gasteiger charge is -2.58. The van der Waals surface area contributed by atoms with E-state index in [0.717, 1.165) is 37.7 Å². The van der Waals surface area contributed by atoms with Crippen molar-refractivity contribution >= 4 is 5.91 Å². The van der Waals surface area contributed by atoms with Crippen LogP contribution in [0.1, 0.15) is 73.2 Å². The van der Waals surface area contributed by atoms with Crippen molar-refractivity contribution in [3.63, 3.8) is 0 Å². The third-order valence-corrected chi connectivity index (χ3v) is 7.03. The van der Waals surface area contributed by atoms with Crippen LogP contribution in [-0.2, 0) is 0 Å².